The van der Waals surface area contributed by atoms with E-state index in [2.05, 4.69) is 25.8 Å². The molecule has 1 spiro atoms. The van der Waals surface area contributed by atoms with Gasteiger partial charge in [0.25, 0.3) is 11.8 Å². The number of ether oxygens (including phenoxy) is 1. The number of carbonyl (C=O) groups is 3. The Labute approximate surface area is 208 Å². The molecule has 11 nitrogen and oxygen atoms in total. The van der Waals surface area contributed by atoms with Crippen LogP contribution in [0.15, 0.2) is 55.2 Å². The van der Waals surface area contributed by atoms with E-state index in [4.69, 9.17) is 4.74 Å². The van der Waals surface area contributed by atoms with Gasteiger partial charge in [0, 0.05) is 43.5 Å². The number of H-pyrrole nitrogens is 1. The molecule has 0 bridgehead atoms. The lowest BCUT2D eigenvalue weighted by Crippen LogP contribution is -2.47. The lowest BCUT2D eigenvalue weighted by molar-refractivity contribution is -0.121. The number of benzene rings is 1. The summed E-state index contributed by atoms with van der Waals surface area (Å²) in [5, 5.41) is 13.4. The molecule has 2 saturated heterocycles. The van der Waals surface area contributed by atoms with Crippen LogP contribution < -0.4 is 10.6 Å². The van der Waals surface area contributed by atoms with Crippen LogP contribution in [-0.4, -0.2) is 80.3 Å². The fourth-order valence-electron chi connectivity index (χ4n) is 4.85. The van der Waals surface area contributed by atoms with Crippen molar-refractivity contribution in [1.29, 1.82) is 0 Å². The van der Waals surface area contributed by atoms with Crippen molar-refractivity contribution >= 4 is 17.7 Å². The van der Waals surface area contributed by atoms with Crippen LogP contribution >= 0.6 is 0 Å². The van der Waals surface area contributed by atoms with Crippen LogP contribution in [0, 0.1) is 0 Å². The number of aromatic nitrogens is 4. The number of rotatable bonds is 7. The zero-order valence-corrected chi connectivity index (χ0v) is 19.9. The molecule has 2 aliphatic rings. The Morgan fingerprint density at radius 3 is 2.53 bits per heavy atom. The van der Waals surface area contributed by atoms with E-state index >= 15 is 0 Å². The zero-order chi connectivity index (χ0) is 25.0. The summed E-state index contributed by atoms with van der Waals surface area (Å²) in [6.07, 6.45) is 7.29. The van der Waals surface area contributed by atoms with Crippen molar-refractivity contribution in [3.63, 3.8) is 0 Å². The lowest BCUT2D eigenvalue weighted by Gasteiger charge is -2.38. The molecule has 3 N–H and O–H groups in total. The number of carbonyl (C=O) groups excluding carboxylic acids is 3. The number of aromatic amines is 1. The summed E-state index contributed by atoms with van der Waals surface area (Å²) in [6, 6.07) is 10.8. The van der Waals surface area contributed by atoms with Crippen LogP contribution in [-0.2, 0) is 9.53 Å². The van der Waals surface area contributed by atoms with Crippen LogP contribution in [0.25, 0.3) is 5.69 Å². The fraction of sp³-hybridized carbons (Fsp3) is 0.400. The molecule has 2 aliphatic heterocycles. The summed E-state index contributed by atoms with van der Waals surface area (Å²) in [5.74, 6) is -0.344. The molecule has 3 aromatic rings. The summed E-state index contributed by atoms with van der Waals surface area (Å²) in [4.78, 5) is 42.0. The van der Waals surface area contributed by atoms with E-state index in [1.807, 2.05) is 29.2 Å². The van der Waals surface area contributed by atoms with Gasteiger partial charge < -0.3 is 25.3 Å². The standard InChI is InChI=1S/C25H29N7O4/c33-22(7-11-27-23(34)21-2-1-10-26-21)30-19-14-25(36-15-19)8-12-31(13-9-25)24(35)18-3-5-20(6-4-18)32-16-28-29-17-32/h1-6,10,16-17,19,26H,7-9,11-15H2,(H,27,34)(H,30,33)/t19-/m1/s1. The highest BCUT2D eigenvalue weighted by Gasteiger charge is 2.43. The van der Waals surface area contributed by atoms with Crippen molar-refractivity contribution in [1.82, 2.24) is 35.3 Å². The van der Waals surface area contributed by atoms with Crippen LogP contribution in [0.4, 0.5) is 0 Å². The van der Waals surface area contributed by atoms with Gasteiger partial charge in [-0.2, -0.15) is 0 Å². The first-order chi connectivity index (χ1) is 17.5. The molecule has 0 saturated carbocycles. The topological polar surface area (TPSA) is 134 Å². The molecule has 0 aliphatic carbocycles. The molecule has 1 atom stereocenters. The largest absolute Gasteiger partial charge is 0.373 e. The highest BCUT2D eigenvalue weighted by atomic mass is 16.5. The Hall–Kier alpha value is -3.99. The number of likely N-dealkylation sites (tertiary alicyclic amines) is 1. The van der Waals surface area contributed by atoms with E-state index in [0.29, 0.717) is 31.0 Å². The smallest absolute Gasteiger partial charge is 0.267 e. The van der Waals surface area contributed by atoms with Gasteiger partial charge in [0.05, 0.1) is 18.2 Å². The minimum Gasteiger partial charge on any atom is -0.373 e. The average Bonchev–Trinajstić information content (AvgIpc) is 3.68. The Morgan fingerprint density at radius 1 is 1.08 bits per heavy atom. The SMILES string of the molecule is O=C(CCNC(=O)c1ccc[nH]1)N[C@H]1COC2(CCN(C(=O)c3ccc(-n4cnnc4)cc3)CC2)C1. The molecule has 4 heterocycles. The van der Waals surface area contributed by atoms with Crippen molar-refractivity contribution in [3.05, 3.63) is 66.5 Å². The minimum absolute atomic E-state index is 0.00408. The minimum atomic E-state index is -0.311. The van der Waals surface area contributed by atoms with Crippen molar-refractivity contribution in [3.8, 4) is 5.69 Å². The number of amides is 3. The summed E-state index contributed by atoms with van der Waals surface area (Å²) < 4.78 is 7.92. The number of nitrogens with one attached hydrogen (secondary N) is 3. The van der Waals surface area contributed by atoms with Gasteiger partial charge in [0.15, 0.2) is 0 Å². The highest BCUT2D eigenvalue weighted by molar-refractivity contribution is 5.94. The summed E-state index contributed by atoms with van der Waals surface area (Å²) in [6.45, 7) is 1.94. The second-order valence-electron chi connectivity index (χ2n) is 9.26. The maximum absolute atomic E-state index is 13.0. The predicted molar refractivity (Wildman–Crippen MR) is 129 cm³/mol. The fourth-order valence-corrected chi connectivity index (χ4v) is 4.85. The number of hydrogen-bond donors (Lipinski definition) is 3. The molecule has 2 aromatic heterocycles. The van der Waals surface area contributed by atoms with Gasteiger partial charge in [-0.1, -0.05) is 0 Å². The molecule has 3 amide bonds. The molecule has 188 valence electrons. The van der Waals surface area contributed by atoms with E-state index in [9.17, 15) is 14.4 Å². The average molecular weight is 492 g/mol. The van der Waals surface area contributed by atoms with E-state index in [-0.39, 0.29) is 42.3 Å². The molecule has 0 radical (unpaired) electrons. The molecule has 36 heavy (non-hydrogen) atoms. The van der Waals surface area contributed by atoms with Crippen molar-refractivity contribution in [2.45, 2.75) is 37.3 Å². The maximum atomic E-state index is 13.0. The third kappa shape index (κ3) is 5.30. The van der Waals surface area contributed by atoms with Crippen molar-refractivity contribution in [2.75, 3.05) is 26.2 Å². The highest BCUT2D eigenvalue weighted by Crippen LogP contribution is 2.36. The first kappa shape index (κ1) is 23.7. The third-order valence-corrected chi connectivity index (χ3v) is 6.85. The van der Waals surface area contributed by atoms with Gasteiger partial charge >= 0.3 is 0 Å². The Kier molecular flexibility index (Phi) is 6.81. The van der Waals surface area contributed by atoms with Crippen molar-refractivity contribution < 1.29 is 19.1 Å². The molecule has 2 fully saturated rings. The monoisotopic (exact) mass is 491 g/mol. The molecule has 1 aromatic carbocycles. The van der Waals surface area contributed by atoms with E-state index in [1.54, 1.807) is 35.6 Å². The number of nitrogens with zero attached hydrogens (tertiary/aromatic N) is 4. The van der Waals surface area contributed by atoms with Gasteiger partial charge in [0.2, 0.25) is 5.91 Å². The van der Waals surface area contributed by atoms with E-state index < -0.39 is 0 Å². The van der Waals surface area contributed by atoms with E-state index in [1.165, 1.54) is 0 Å². The number of piperidine rings is 1. The van der Waals surface area contributed by atoms with Gasteiger partial charge in [0.1, 0.15) is 18.3 Å². The van der Waals surface area contributed by atoms with Crippen LogP contribution in [0.2, 0.25) is 0 Å². The normalized spacial score (nSPS) is 18.8. The molecule has 5 rings (SSSR count). The zero-order valence-electron chi connectivity index (χ0n) is 19.9. The van der Waals surface area contributed by atoms with Gasteiger partial charge in [-0.15, -0.1) is 10.2 Å². The predicted octanol–water partition coefficient (Wildman–Crippen LogP) is 1.30. The number of hydrogen-bond acceptors (Lipinski definition) is 6. The summed E-state index contributed by atoms with van der Waals surface area (Å²) >= 11 is 0. The second kappa shape index (κ2) is 10.3. The van der Waals surface area contributed by atoms with Crippen LogP contribution in [0.3, 0.4) is 0 Å². The Bertz CT molecular complexity index is 1180. The van der Waals surface area contributed by atoms with Crippen LogP contribution in [0.1, 0.15) is 46.5 Å². The lowest BCUT2D eigenvalue weighted by atomic mass is 9.87. The first-order valence-corrected chi connectivity index (χ1v) is 12.1. The van der Waals surface area contributed by atoms with Gasteiger partial charge in [-0.05, 0) is 55.7 Å². The van der Waals surface area contributed by atoms with E-state index in [0.717, 1.165) is 24.9 Å². The third-order valence-electron chi connectivity index (χ3n) is 6.85. The maximum Gasteiger partial charge on any atom is 0.267 e. The molecular weight excluding hydrogens is 462 g/mol. The molecule has 0 unspecified atom stereocenters. The molecular formula is C25H29N7O4. The van der Waals surface area contributed by atoms with Gasteiger partial charge in [-0.3, -0.25) is 19.0 Å². The second-order valence-corrected chi connectivity index (χ2v) is 9.26. The summed E-state index contributed by atoms with van der Waals surface area (Å²) in [5.41, 5.74) is 1.69. The first-order valence-electron chi connectivity index (χ1n) is 12.1. The van der Waals surface area contributed by atoms with Crippen LogP contribution in [0.5, 0.6) is 0 Å². The summed E-state index contributed by atoms with van der Waals surface area (Å²) in [7, 11) is 0. The molecule has 11 heteroatoms. The quantitative estimate of drug-likeness (QED) is 0.456. The Balaban J connectivity index is 1.05. The Morgan fingerprint density at radius 2 is 1.83 bits per heavy atom. The van der Waals surface area contributed by atoms with Crippen molar-refractivity contribution in [2.24, 2.45) is 0 Å². The van der Waals surface area contributed by atoms with Gasteiger partial charge in [-0.25, -0.2) is 0 Å².